The second-order valence-electron chi connectivity index (χ2n) is 9.57. The first-order valence-corrected chi connectivity index (χ1v) is 12.5. The molecule has 9 heteroatoms. The number of anilines is 1. The van der Waals surface area contributed by atoms with Crippen molar-refractivity contribution in [2.45, 2.75) is 73.2 Å². The summed E-state index contributed by atoms with van der Waals surface area (Å²) < 4.78 is 7.56. The molecular formula is C26H35N5O3S. The Hall–Kier alpha value is -3.01. The minimum Gasteiger partial charge on any atom is -0.440 e. The molecule has 0 aliphatic carbocycles. The Morgan fingerprint density at radius 3 is 2.54 bits per heavy atom. The van der Waals surface area contributed by atoms with Gasteiger partial charge in [0.05, 0.1) is 32.6 Å². The Bertz CT molecular complexity index is 1270. The number of amides is 1. The number of rotatable bonds is 7. The van der Waals surface area contributed by atoms with Crippen molar-refractivity contribution >= 4 is 34.2 Å². The Morgan fingerprint density at radius 2 is 1.94 bits per heavy atom. The van der Waals surface area contributed by atoms with E-state index in [0.717, 1.165) is 22.5 Å². The highest BCUT2D eigenvalue weighted by atomic mass is 32.1. The summed E-state index contributed by atoms with van der Waals surface area (Å²) >= 11 is 1.37. The van der Waals surface area contributed by atoms with Crippen LogP contribution in [-0.2, 0) is 13.1 Å². The molecule has 0 saturated carbocycles. The van der Waals surface area contributed by atoms with Crippen molar-refractivity contribution in [2.24, 2.45) is 0 Å². The topological polar surface area (TPSA) is 105 Å². The van der Waals surface area contributed by atoms with Gasteiger partial charge in [-0.2, -0.15) is 0 Å². The summed E-state index contributed by atoms with van der Waals surface area (Å²) in [6.07, 6.45) is 1.67. The molecule has 3 aromatic heterocycles. The zero-order valence-electron chi connectivity index (χ0n) is 21.5. The molecule has 0 unspecified atom stereocenters. The second kappa shape index (κ2) is 11.2. The lowest BCUT2D eigenvalue weighted by Crippen LogP contribution is -2.21. The first-order valence-electron chi connectivity index (χ1n) is 11.7. The molecule has 0 aliphatic rings. The van der Waals surface area contributed by atoms with Gasteiger partial charge in [-0.1, -0.05) is 19.9 Å². The highest BCUT2D eigenvalue weighted by molar-refractivity contribution is 7.17. The van der Waals surface area contributed by atoms with Crippen molar-refractivity contribution in [3.8, 4) is 10.6 Å². The van der Waals surface area contributed by atoms with E-state index in [9.17, 15) is 4.79 Å². The zero-order chi connectivity index (χ0) is 25.8. The van der Waals surface area contributed by atoms with Gasteiger partial charge in [0, 0.05) is 26.1 Å². The fourth-order valence-electron chi connectivity index (χ4n) is 3.25. The number of imidazole rings is 1. The molecule has 0 radical (unpaired) electrons. The molecule has 0 saturated heterocycles. The van der Waals surface area contributed by atoms with Crippen molar-refractivity contribution in [3.63, 3.8) is 0 Å². The van der Waals surface area contributed by atoms with Crippen molar-refractivity contribution in [2.75, 3.05) is 5.32 Å². The number of hydrogen-bond donors (Lipinski definition) is 3. The average Bonchev–Trinajstić information content (AvgIpc) is 3.48. The molecule has 3 heterocycles. The van der Waals surface area contributed by atoms with E-state index in [-0.39, 0.29) is 5.91 Å². The fourth-order valence-corrected chi connectivity index (χ4v) is 4.10. The number of aliphatic hydroxyl groups is 1. The number of hydrogen-bond acceptors (Lipinski definition) is 7. The van der Waals surface area contributed by atoms with Gasteiger partial charge in [-0.3, -0.25) is 10.1 Å². The summed E-state index contributed by atoms with van der Waals surface area (Å²) in [7, 11) is 0. The van der Waals surface area contributed by atoms with Crippen LogP contribution in [0.1, 0.15) is 62.7 Å². The van der Waals surface area contributed by atoms with E-state index in [1.54, 1.807) is 40.0 Å². The number of aromatic nitrogens is 3. The molecule has 1 aromatic carbocycles. The highest BCUT2D eigenvalue weighted by Gasteiger charge is 2.17. The van der Waals surface area contributed by atoms with E-state index in [1.807, 2.05) is 17.6 Å². The molecule has 0 fully saturated rings. The third-order valence-corrected chi connectivity index (χ3v) is 5.86. The quantitative estimate of drug-likeness (QED) is 0.307. The summed E-state index contributed by atoms with van der Waals surface area (Å²) in [5.74, 6) is 1.63. The molecule has 35 heavy (non-hydrogen) atoms. The van der Waals surface area contributed by atoms with Crippen LogP contribution in [0.5, 0.6) is 0 Å². The van der Waals surface area contributed by atoms with Gasteiger partial charge in [0.25, 0.3) is 5.91 Å². The van der Waals surface area contributed by atoms with Crippen molar-refractivity contribution in [1.82, 2.24) is 19.9 Å². The summed E-state index contributed by atoms with van der Waals surface area (Å²) in [4.78, 5) is 23.1. The van der Waals surface area contributed by atoms with Gasteiger partial charge in [-0.15, -0.1) is 11.3 Å². The fraction of sp³-hybridized carbons (Fsp3) is 0.423. The maximum absolute atomic E-state index is 12.8. The van der Waals surface area contributed by atoms with E-state index >= 15 is 0 Å². The van der Waals surface area contributed by atoms with Crippen LogP contribution in [0, 0.1) is 6.92 Å². The lowest BCUT2D eigenvalue weighted by Gasteiger charge is -2.08. The zero-order valence-corrected chi connectivity index (χ0v) is 22.3. The molecule has 0 atom stereocenters. The minimum atomic E-state index is -0.500. The number of nitrogens with one attached hydrogen (secondary N) is 2. The van der Waals surface area contributed by atoms with Crippen molar-refractivity contribution in [1.29, 1.82) is 0 Å². The molecule has 1 amide bonds. The smallest absolute Gasteiger partial charge is 0.268 e. The molecule has 3 N–H and O–H groups in total. The molecule has 4 aromatic rings. The van der Waals surface area contributed by atoms with Crippen molar-refractivity contribution < 1.29 is 14.3 Å². The maximum atomic E-state index is 12.8. The number of nitrogens with zero attached hydrogens (tertiary/aromatic N) is 3. The molecule has 188 valence electrons. The van der Waals surface area contributed by atoms with Crippen LogP contribution in [0.3, 0.4) is 0 Å². The Labute approximate surface area is 210 Å². The van der Waals surface area contributed by atoms with E-state index in [0.29, 0.717) is 35.1 Å². The molecule has 0 spiro atoms. The maximum Gasteiger partial charge on any atom is 0.268 e. The van der Waals surface area contributed by atoms with E-state index in [2.05, 4.69) is 52.6 Å². The van der Waals surface area contributed by atoms with E-state index < -0.39 is 5.60 Å². The normalized spacial score (nSPS) is 11.6. The van der Waals surface area contributed by atoms with Gasteiger partial charge in [0.1, 0.15) is 0 Å². The number of carbonyl (C=O) groups excluding carboxylic acids is 1. The molecule has 0 bridgehead atoms. The highest BCUT2D eigenvalue weighted by Crippen LogP contribution is 2.29. The Balaban J connectivity index is 0.000000623. The van der Waals surface area contributed by atoms with Crippen LogP contribution >= 0.6 is 11.3 Å². The molecule has 0 aliphatic heterocycles. The SMILES string of the molecule is CC(C)(C)O.CCn1c(NC(=O)c2ccc(-c3cnc(C)o3)s2)nc2cc(CNC(C)C)ccc21. The van der Waals surface area contributed by atoms with E-state index in [4.69, 9.17) is 9.52 Å². The number of aryl methyl sites for hydroxylation is 2. The summed E-state index contributed by atoms with van der Waals surface area (Å²) in [5.41, 5.74) is 2.55. The molecular weight excluding hydrogens is 462 g/mol. The number of thiophene rings is 1. The standard InChI is InChI=1S/C22H25N5O2S.C4H10O/c1-5-27-17-7-6-15(11-23-13(2)3)10-16(17)25-22(27)26-21(28)20-9-8-19(30-20)18-12-24-14(4)29-18;1-4(2,3)5/h6-10,12-13,23H,5,11H2,1-4H3,(H,25,26,28);5H,1-3H3. The van der Waals surface area contributed by atoms with Crippen LogP contribution < -0.4 is 10.6 Å². The second-order valence-corrected chi connectivity index (χ2v) is 10.7. The van der Waals surface area contributed by atoms with Crippen LogP contribution in [0.4, 0.5) is 5.95 Å². The van der Waals surface area contributed by atoms with Gasteiger partial charge < -0.3 is 19.4 Å². The predicted octanol–water partition coefficient (Wildman–Crippen LogP) is 5.61. The summed E-state index contributed by atoms with van der Waals surface area (Å²) in [6, 6.07) is 10.3. The van der Waals surface area contributed by atoms with Crippen LogP contribution in [0.2, 0.25) is 0 Å². The monoisotopic (exact) mass is 497 g/mol. The van der Waals surface area contributed by atoms with Crippen LogP contribution in [0.15, 0.2) is 40.9 Å². The van der Waals surface area contributed by atoms with Crippen LogP contribution in [-0.4, -0.2) is 37.2 Å². The number of fused-ring (bicyclic) bond motifs is 1. The van der Waals surface area contributed by atoms with Gasteiger partial charge in [0.2, 0.25) is 5.95 Å². The first kappa shape index (κ1) is 26.6. The predicted molar refractivity (Wildman–Crippen MR) is 142 cm³/mol. The lowest BCUT2D eigenvalue weighted by molar-refractivity contribution is 0.101. The average molecular weight is 498 g/mol. The van der Waals surface area contributed by atoms with Crippen molar-refractivity contribution in [3.05, 3.63) is 52.9 Å². The third-order valence-electron chi connectivity index (χ3n) is 4.76. The van der Waals surface area contributed by atoms with Gasteiger partial charge >= 0.3 is 0 Å². The number of carbonyl (C=O) groups is 1. The van der Waals surface area contributed by atoms with Crippen LogP contribution in [0.25, 0.3) is 21.7 Å². The number of benzene rings is 1. The Kier molecular flexibility index (Phi) is 8.47. The van der Waals surface area contributed by atoms with Gasteiger partial charge in [0.15, 0.2) is 11.7 Å². The Morgan fingerprint density at radius 1 is 1.23 bits per heavy atom. The van der Waals surface area contributed by atoms with E-state index in [1.165, 1.54) is 16.9 Å². The summed E-state index contributed by atoms with van der Waals surface area (Å²) in [6.45, 7) is 14.8. The van der Waals surface area contributed by atoms with Gasteiger partial charge in [-0.25, -0.2) is 9.97 Å². The van der Waals surface area contributed by atoms with Gasteiger partial charge in [-0.05, 0) is 57.5 Å². The molecule has 8 nitrogen and oxygen atoms in total. The first-order chi connectivity index (χ1) is 16.4. The number of oxazole rings is 1. The largest absolute Gasteiger partial charge is 0.440 e. The molecule has 4 rings (SSSR count). The lowest BCUT2D eigenvalue weighted by atomic mass is 10.2. The summed E-state index contributed by atoms with van der Waals surface area (Å²) in [5, 5.41) is 14.9. The minimum absolute atomic E-state index is 0.186. The third kappa shape index (κ3) is 7.48.